The van der Waals surface area contributed by atoms with E-state index in [1.54, 1.807) is 11.0 Å². The molecule has 0 unspecified atom stereocenters. The Balaban J connectivity index is 2.70. The van der Waals surface area contributed by atoms with Crippen LogP contribution >= 0.6 is 0 Å². The van der Waals surface area contributed by atoms with Crippen LogP contribution in [0, 0.1) is 0 Å². The second-order valence-electron chi connectivity index (χ2n) is 4.10. The van der Waals surface area contributed by atoms with Crippen LogP contribution in [0.5, 0.6) is 5.75 Å². The number of carbonyl (C=O) groups excluding carboxylic acids is 2. The van der Waals surface area contributed by atoms with Crippen molar-refractivity contribution in [1.29, 1.82) is 0 Å². The quantitative estimate of drug-likeness (QED) is 0.627. The Morgan fingerprint density at radius 3 is 2.45 bits per heavy atom. The van der Waals surface area contributed by atoms with E-state index in [-0.39, 0.29) is 18.1 Å². The van der Waals surface area contributed by atoms with Crippen LogP contribution < -0.4 is 10.5 Å². The monoisotopic (exact) mass is 280 g/mol. The van der Waals surface area contributed by atoms with Crippen LogP contribution in [0.3, 0.4) is 0 Å². The van der Waals surface area contributed by atoms with E-state index in [0.717, 1.165) is 0 Å². The van der Waals surface area contributed by atoms with Gasteiger partial charge in [0.05, 0.1) is 7.11 Å². The molecular formula is C14H20N2O4. The van der Waals surface area contributed by atoms with E-state index in [1.165, 1.54) is 19.2 Å². The molecule has 0 fully saturated rings. The van der Waals surface area contributed by atoms with E-state index in [9.17, 15) is 9.59 Å². The Bertz CT molecular complexity index is 484. The van der Waals surface area contributed by atoms with E-state index in [0.29, 0.717) is 24.5 Å². The fraction of sp³-hybridized carbons (Fsp3) is 0.429. The van der Waals surface area contributed by atoms with Gasteiger partial charge < -0.3 is 20.1 Å². The van der Waals surface area contributed by atoms with Gasteiger partial charge >= 0.3 is 5.97 Å². The smallest absolute Gasteiger partial charge is 0.342 e. The van der Waals surface area contributed by atoms with E-state index >= 15 is 0 Å². The number of ether oxygens (including phenoxy) is 2. The summed E-state index contributed by atoms with van der Waals surface area (Å²) in [4.78, 5) is 25.3. The number of likely N-dealkylation sites (N-methyl/N-ethyl adjacent to an activating group) is 1. The summed E-state index contributed by atoms with van der Waals surface area (Å²) in [5.74, 6) is -0.509. The summed E-state index contributed by atoms with van der Waals surface area (Å²) in [5, 5.41) is 0. The van der Waals surface area contributed by atoms with Crippen molar-refractivity contribution in [1.82, 2.24) is 4.90 Å². The van der Waals surface area contributed by atoms with Crippen LogP contribution in [0.2, 0.25) is 0 Å². The van der Waals surface area contributed by atoms with Crippen molar-refractivity contribution < 1.29 is 19.1 Å². The highest BCUT2D eigenvalue weighted by atomic mass is 16.5. The topological polar surface area (TPSA) is 81.9 Å². The predicted octanol–water partition coefficient (Wildman–Crippen LogP) is 1.30. The molecule has 1 rings (SSSR count). The van der Waals surface area contributed by atoms with Gasteiger partial charge in [0.25, 0.3) is 5.91 Å². The van der Waals surface area contributed by atoms with Gasteiger partial charge in [-0.05, 0) is 26.0 Å². The van der Waals surface area contributed by atoms with Crippen molar-refractivity contribution in [2.45, 2.75) is 13.8 Å². The SMILES string of the molecule is CCN(CC)C(=O)COC(=O)c1ccc(N)cc1OC. The van der Waals surface area contributed by atoms with Gasteiger partial charge in [-0.15, -0.1) is 0 Å². The number of esters is 1. The molecule has 0 aromatic heterocycles. The molecule has 0 heterocycles. The van der Waals surface area contributed by atoms with E-state index < -0.39 is 5.97 Å². The Hall–Kier alpha value is -2.24. The number of carbonyl (C=O) groups is 2. The summed E-state index contributed by atoms with van der Waals surface area (Å²) in [6.07, 6.45) is 0. The highest BCUT2D eigenvalue weighted by Gasteiger charge is 2.17. The van der Waals surface area contributed by atoms with E-state index in [2.05, 4.69) is 0 Å². The van der Waals surface area contributed by atoms with Gasteiger partial charge in [0.15, 0.2) is 6.61 Å². The van der Waals surface area contributed by atoms with Gasteiger partial charge in [-0.3, -0.25) is 4.79 Å². The minimum absolute atomic E-state index is 0.224. The second kappa shape index (κ2) is 7.37. The molecule has 0 aliphatic heterocycles. The third-order valence-corrected chi connectivity index (χ3v) is 2.89. The zero-order valence-electron chi connectivity index (χ0n) is 12.0. The highest BCUT2D eigenvalue weighted by molar-refractivity contribution is 5.94. The molecule has 0 spiro atoms. The largest absolute Gasteiger partial charge is 0.496 e. The van der Waals surface area contributed by atoms with E-state index in [1.807, 2.05) is 13.8 Å². The third kappa shape index (κ3) is 3.88. The van der Waals surface area contributed by atoms with Crippen molar-refractivity contribution in [2.24, 2.45) is 0 Å². The first-order valence-corrected chi connectivity index (χ1v) is 6.41. The maximum Gasteiger partial charge on any atom is 0.342 e. The summed E-state index contributed by atoms with van der Waals surface area (Å²) >= 11 is 0. The first-order valence-electron chi connectivity index (χ1n) is 6.41. The Morgan fingerprint density at radius 1 is 1.25 bits per heavy atom. The standard InChI is InChI=1S/C14H20N2O4/c1-4-16(5-2)13(17)9-20-14(18)11-7-6-10(15)8-12(11)19-3/h6-8H,4-5,9,15H2,1-3H3. The molecule has 20 heavy (non-hydrogen) atoms. The number of hydrogen-bond donors (Lipinski definition) is 1. The molecule has 0 bridgehead atoms. The van der Waals surface area contributed by atoms with Crippen LogP contribution in [0.1, 0.15) is 24.2 Å². The molecule has 0 saturated heterocycles. The van der Waals surface area contributed by atoms with Crippen LogP contribution in [0.4, 0.5) is 5.69 Å². The zero-order chi connectivity index (χ0) is 15.1. The van der Waals surface area contributed by atoms with Crippen LogP contribution in [0.25, 0.3) is 0 Å². The van der Waals surface area contributed by atoms with Crippen LogP contribution in [-0.2, 0) is 9.53 Å². The number of benzene rings is 1. The van der Waals surface area contributed by atoms with Crippen molar-refractivity contribution >= 4 is 17.6 Å². The molecule has 6 nitrogen and oxygen atoms in total. The van der Waals surface area contributed by atoms with Gasteiger partial charge in [-0.2, -0.15) is 0 Å². The Kier molecular flexibility index (Phi) is 5.83. The van der Waals surface area contributed by atoms with Crippen molar-refractivity contribution in [2.75, 3.05) is 32.5 Å². The van der Waals surface area contributed by atoms with Crippen molar-refractivity contribution in [3.05, 3.63) is 23.8 Å². The molecule has 0 aliphatic carbocycles. The number of nitrogen functional groups attached to an aromatic ring is 1. The molecule has 0 atom stereocenters. The number of rotatable bonds is 6. The lowest BCUT2D eigenvalue weighted by Crippen LogP contribution is -2.34. The Morgan fingerprint density at radius 2 is 1.90 bits per heavy atom. The number of hydrogen-bond acceptors (Lipinski definition) is 5. The molecule has 1 aromatic rings. The van der Waals surface area contributed by atoms with Gasteiger partial charge in [0, 0.05) is 24.8 Å². The second-order valence-corrected chi connectivity index (χ2v) is 4.10. The lowest BCUT2D eigenvalue weighted by Gasteiger charge is -2.18. The highest BCUT2D eigenvalue weighted by Crippen LogP contribution is 2.22. The van der Waals surface area contributed by atoms with Gasteiger partial charge in [0.2, 0.25) is 0 Å². The lowest BCUT2D eigenvalue weighted by molar-refractivity contribution is -0.134. The number of methoxy groups -OCH3 is 1. The van der Waals surface area contributed by atoms with Crippen molar-refractivity contribution in [3.63, 3.8) is 0 Å². The first-order chi connectivity index (χ1) is 9.53. The average Bonchev–Trinajstić information content (AvgIpc) is 2.45. The number of amides is 1. The third-order valence-electron chi connectivity index (χ3n) is 2.89. The van der Waals surface area contributed by atoms with Crippen LogP contribution in [-0.4, -0.2) is 43.6 Å². The van der Waals surface area contributed by atoms with Gasteiger partial charge in [-0.1, -0.05) is 0 Å². The maximum absolute atomic E-state index is 11.9. The molecule has 0 aliphatic rings. The lowest BCUT2D eigenvalue weighted by atomic mass is 10.2. The van der Waals surface area contributed by atoms with Gasteiger partial charge in [-0.25, -0.2) is 4.79 Å². The van der Waals surface area contributed by atoms with E-state index in [4.69, 9.17) is 15.2 Å². The Labute approximate surface area is 118 Å². The molecule has 0 radical (unpaired) electrons. The normalized spacial score (nSPS) is 9.95. The summed E-state index contributed by atoms with van der Waals surface area (Å²) in [7, 11) is 1.44. The number of nitrogens with two attached hydrogens (primary N) is 1. The summed E-state index contributed by atoms with van der Waals surface area (Å²) in [6.45, 7) is 4.61. The minimum Gasteiger partial charge on any atom is -0.496 e. The predicted molar refractivity (Wildman–Crippen MR) is 75.6 cm³/mol. The number of nitrogens with zero attached hydrogens (tertiary/aromatic N) is 1. The first kappa shape index (κ1) is 15.8. The molecule has 0 saturated carbocycles. The average molecular weight is 280 g/mol. The molecule has 1 aromatic carbocycles. The summed E-state index contributed by atoms with van der Waals surface area (Å²) in [6, 6.07) is 4.62. The number of anilines is 1. The molecule has 2 N–H and O–H groups in total. The molecular weight excluding hydrogens is 260 g/mol. The fourth-order valence-electron chi connectivity index (χ4n) is 1.75. The summed E-state index contributed by atoms with van der Waals surface area (Å²) < 4.78 is 10.1. The van der Waals surface area contributed by atoms with Crippen LogP contribution in [0.15, 0.2) is 18.2 Å². The molecule has 1 amide bonds. The molecule has 6 heteroatoms. The summed E-state index contributed by atoms with van der Waals surface area (Å²) in [5.41, 5.74) is 6.34. The maximum atomic E-state index is 11.9. The van der Waals surface area contributed by atoms with Crippen molar-refractivity contribution in [3.8, 4) is 5.75 Å². The fourth-order valence-corrected chi connectivity index (χ4v) is 1.75. The zero-order valence-corrected chi connectivity index (χ0v) is 12.0. The minimum atomic E-state index is -0.609. The van der Waals surface area contributed by atoms with Gasteiger partial charge in [0.1, 0.15) is 11.3 Å². The molecule has 110 valence electrons.